The average Bonchev–Trinajstić information content (AvgIpc) is 3.00. The third kappa shape index (κ3) is 2.66. The summed E-state index contributed by atoms with van der Waals surface area (Å²) < 4.78 is 0. The van der Waals surface area contributed by atoms with E-state index in [2.05, 4.69) is 15.3 Å². The molecule has 0 atom stereocenters. The molecule has 5 nitrogen and oxygen atoms in total. The number of nitrogens with zero attached hydrogens (tertiary/aromatic N) is 1. The summed E-state index contributed by atoms with van der Waals surface area (Å²) in [6.07, 6.45) is 8.30. The molecule has 1 aromatic heterocycles. The Morgan fingerprint density at radius 3 is 2.88 bits per heavy atom. The molecule has 1 aliphatic carbocycles. The van der Waals surface area contributed by atoms with Crippen molar-refractivity contribution in [2.75, 3.05) is 13.1 Å². The lowest BCUT2D eigenvalue weighted by Gasteiger charge is -2.25. The van der Waals surface area contributed by atoms with E-state index in [-0.39, 0.29) is 11.3 Å². The van der Waals surface area contributed by atoms with Crippen molar-refractivity contribution < 1.29 is 4.79 Å². The normalized spacial score (nSPS) is 18.2. The summed E-state index contributed by atoms with van der Waals surface area (Å²) in [5.74, 6) is 0.122. The van der Waals surface area contributed by atoms with Crippen LogP contribution in [0.3, 0.4) is 0 Å². The van der Waals surface area contributed by atoms with Crippen molar-refractivity contribution in [2.24, 2.45) is 11.1 Å². The molecule has 1 saturated carbocycles. The molecule has 4 N–H and O–H groups in total. The Bertz CT molecular complexity index is 355. The first-order valence-electron chi connectivity index (χ1n) is 6.22. The molecule has 0 aliphatic heterocycles. The highest BCUT2D eigenvalue weighted by molar-refractivity contribution is 5.83. The van der Waals surface area contributed by atoms with Crippen LogP contribution in [0.1, 0.15) is 31.4 Å². The van der Waals surface area contributed by atoms with Crippen LogP contribution in [-0.2, 0) is 11.2 Å². The second-order valence-electron chi connectivity index (χ2n) is 4.77. The Morgan fingerprint density at radius 1 is 1.53 bits per heavy atom. The lowest BCUT2D eigenvalue weighted by molar-refractivity contribution is -0.130. The molecule has 0 unspecified atom stereocenters. The predicted octanol–water partition coefficient (Wildman–Crippen LogP) is 0.587. The molecule has 5 heteroatoms. The Hall–Kier alpha value is -1.36. The summed E-state index contributed by atoms with van der Waals surface area (Å²) in [5, 5.41) is 2.99. The molecule has 17 heavy (non-hydrogen) atoms. The first kappa shape index (κ1) is 12.1. The number of H-pyrrole nitrogens is 1. The third-order valence-corrected chi connectivity index (χ3v) is 3.67. The Labute approximate surface area is 101 Å². The van der Waals surface area contributed by atoms with E-state index in [9.17, 15) is 4.79 Å². The molecule has 2 rings (SSSR count). The zero-order chi connectivity index (χ0) is 12.1. The fourth-order valence-corrected chi connectivity index (χ4v) is 2.50. The van der Waals surface area contributed by atoms with Gasteiger partial charge in [-0.05, 0) is 12.8 Å². The lowest BCUT2D eigenvalue weighted by atomic mass is 9.85. The van der Waals surface area contributed by atoms with E-state index in [1.54, 1.807) is 12.5 Å². The van der Waals surface area contributed by atoms with Gasteiger partial charge in [0.1, 0.15) is 0 Å². The number of carbonyl (C=O) groups excluding carboxylic acids is 1. The lowest BCUT2D eigenvalue weighted by Crippen LogP contribution is -2.44. The highest BCUT2D eigenvalue weighted by Crippen LogP contribution is 2.37. The van der Waals surface area contributed by atoms with E-state index in [1.165, 1.54) is 0 Å². The molecule has 1 heterocycles. The molecular weight excluding hydrogens is 216 g/mol. The van der Waals surface area contributed by atoms with Gasteiger partial charge in [0.15, 0.2) is 0 Å². The maximum atomic E-state index is 12.1. The standard InChI is InChI=1S/C12H20N4O/c13-8-12(4-1-2-5-12)11(17)15-6-3-10-7-14-9-16-10/h7,9H,1-6,8,13H2,(H,14,16)(H,15,17). The highest BCUT2D eigenvalue weighted by atomic mass is 16.2. The molecule has 94 valence electrons. The maximum Gasteiger partial charge on any atom is 0.227 e. The number of hydrogen-bond donors (Lipinski definition) is 3. The van der Waals surface area contributed by atoms with Crippen molar-refractivity contribution >= 4 is 5.91 Å². The van der Waals surface area contributed by atoms with Crippen LogP contribution in [0.25, 0.3) is 0 Å². The SMILES string of the molecule is NCC1(C(=O)NCCc2cnc[nH]2)CCCC1. The fraction of sp³-hybridized carbons (Fsp3) is 0.667. The van der Waals surface area contributed by atoms with Crippen LogP contribution in [0, 0.1) is 5.41 Å². The first-order chi connectivity index (χ1) is 8.27. The summed E-state index contributed by atoms with van der Waals surface area (Å²) in [6, 6.07) is 0. The zero-order valence-electron chi connectivity index (χ0n) is 10.0. The highest BCUT2D eigenvalue weighted by Gasteiger charge is 2.39. The molecule has 1 aromatic rings. The van der Waals surface area contributed by atoms with Gasteiger partial charge in [0.25, 0.3) is 0 Å². The quantitative estimate of drug-likeness (QED) is 0.699. The minimum atomic E-state index is -0.298. The van der Waals surface area contributed by atoms with Crippen LogP contribution in [0.4, 0.5) is 0 Å². The van der Waals surface area contributed by atoms with E-state index >= 15 is 0 Å². The van der Waals surface area contributed by atoms with Crippen LogP contribution >= 0.6 is 0 Å². The van der Waals surface area contributed by atoms with Gasteiger partial charge in [-0.15, -0.1) is 0 Å². The summed E-state index contributed by atoms with van der Waals surface area (Å²) in [6.45, 7) is 1.10. The Morgan fingerprint density at radius 2 is 2.29 bits per heavy atom. The van der Waals surface area contributed by atoms with Crippen LogP contribution in [0.5, 0.6) is 0 Å². The summed E-state index contributed by atoms with van der Waals surface area (Å²) in [4.78, 5) is 19.1. The van der Waals surface area contributed by atoms with E-state index in [1.807, 2.05) is 0 Å². The number of imidazole rings is 1. The second kappa shape index (κ2) is 5.31. The first-order valence-corrected chi connectivity index (χ1v) is 6.22. The minimum absolute atomic E-state index is 0.122. The second-order valence-corrected chi connectivity index (χ2v) is 4.77. The van der Waals surface area contributed by atoms with Crippen molar-refractivity contribution in [1.29, 1.82) is 0 Å². The molecule has 0 saturated heterocycles. The van der Waals surface area contributed by atoms with Gasteiger partial charge in [0.2, 0.25) is 5.91 Å². The van der Waals surface area contributed by atoms with Gasteiger partial charge in [-0.2, -0.15) is 0 Å². The van der Waals surface area contributed by atoms with Crippen LogP contribution < -0.4 is 11.1 Å². The van der Waals surface area contributed by atoms with Gasteiger partial charge in [-0.25, -0.2) is 4.98 Å². The summed E-state index contributed by atoms with van der Waals surface area (Å²) >= 11 is 0. The molecule has 0 bridgehead atoms. The number of carbonyl (C=O) groups is 1. The van der Waals surface area contributed by atoms with Gasteiger partial charge >= 0.3 is 0 Å². The fourth-order valence-electron chi connectivity index (χ4n) is 2.50. The van der Waals surface area contributed by atoms with E-state index in [0.717, 1.165) is 37.8 Å². The van der Waals surface area contributed by atoms with Gasteiger partial charge in [-0.3, -0.25) is 4.79 Å². The van der Waals surface area contributed by atoms with Crippen molar-refractivity contribution in [3.05, 3.63) is 18.2 Å². The number of rotatable bonds is 5. The molecule has 1 aliphatic rings. The maximum absolute atomic E-state index is 12.1. The molecule has 1 fully saturated rings. The van der Waals surface area contributed by atoms with Gasteiger partial charge < -0.3 is 16.0 Å². The third-order valence-electron chi connectivity index (χ3n) is 3.67. The summed E-state index contributed by atoms with van der Waals surface area (Å²) in [5.41, 5.74) is 6.50. The van der Waals surface area contributed by atoms with Crippen molar-refractivity contribution in [3.63, 3.8) is 0 Å². The van der Waals surface area contributed by atoms with Crippen molar-refractivity contribution in [1.82, 2.24) is 15.3 Å². The van der Waals surface area contributed by atoms with Crippen molar-refractivity contribution in [2.45, 2.75) is 32.1 Å². The number of amides is 1. The largest absolute Gasteiger partial charge is 0.355 e. The molecule has 0 aromatic carbocycles. The monoisotopic (exact) mass is 236 g/mol. The number of nitrogens with one attached hydrogen (secondary N) is 2. The van der Waals surface area contributed by atoms with Gasteiger partial charge in [-0.1, -0.05) is 12.8 Å². The summed E-state index contributed by atoms with van der Waals surface area (Å²) in [7, 11) is 0. The predicted molar refractivity (Wildman–Crippen MR) is 65.3 cm³/mol. The van der Waals surface area contributed by atoms with Gasteiger partial charge in [0.05, 0.1) is 11.7 Å². The van der Waals surface area contributed by atoms with E-state index in [0.29, 0.717) is 13.1 Å². The van der Waals surface area contributed by atoms with E-state index in [4.69, 9.17) is 5.73 Å². The number of nitrogens with two attached hydrogens (primary N) is 1. The number of aromatic amines is 1. The van der Waals surface area contributed by atoms with Crippen LogP contribution in [0.15, 0.2) is 12.5 Å². The Balaban J connectivity index is 1.80. The molecule has 0 radical (unpaired) electrons. The van der Waals surface area contributed by atoms with Crippen LogP contribution in [0.2, 0.25) is 0 Å². The molecule has 0 spiro atoms. The van der Waals surface area contributed by atoms with Crippen LogP contribution in [-0.4, -0.2) is 29.0 Å². The molecule has 1 amide bonds. The van der Waals surface area contributed by atoms with Gasteiger partial charge in [0, 0.05) is 31.4 Å². The average molecular weight is 236 g/mol. The Kier molecular flexibility index (Phi) is 3.78. The van der Waals surface area contributed by atoms with Crippen molar-refractivity contribution in [3.8, 4) is 0 Å². The molecular formula is C12H20N4O. The number of aromatic nitrogens is 2. The van der Waals surface area contributed by atoms with E-state index < -0.39 is 0 Å². The number of hydrogen-bond acceptors (Lipinski definition) is 3. The minimum Gasteiger partial charge on any atom is -0.355 e. The smallest absolute Gasteiger partial charge is 0.227 e. The topological polar surface area (TPSA) is 83.8 Å². The zero-order valence-corrected chi connectivity index (χ0v) is 10.0.